The van der Waals surface area contributed by atoms with E-state index in [0.29, 0.717) is 11.3 Å². The Balaban J connectivity index is 2.38. The number of anilines is 1. The highest BCUT2D eigenvalue weighted by atomic mass is 19.1. The van der Waals surface area contributed by atoms with Crippen LogP contribution in [-0.4, -0.2) is 18.2 Å². The molecule has 2 rings (SSSR count). The van der Waals surface area contributed by atoms with Gasteiger partial charge < -0.3 is 15.2 Å². The first-order valence-electron chi connectivity index (χ1n) is 6.40. The fourth-order valence-electron chi connectivity index (χ4n) is 2.10. The maximum atomic E-state index is 13.4. The first-order chi connectivity index (χ1) is 10.0. The lowest BCUT2D eigenvalue weighted by Gasteiger charge is -2.19. The molecule has 0 amide bonds. The molecule has 0 fully saturated rings. The average Bonchev–Trinajstić information content (AvgIpc) is 2.44. The molecule has 0 aromatic heterocycles. The Hall–Kier alpha value is -2.56. The largest absolute Gasteiger partial charge is 0.508 e. The number of ether oxygens (including phenoxy) is 1. The second-order valence-corrected chi connectivity index (χ2v) is 4.68. The third-order valence-corrected chi connectivity index (χ3v) is 3.04. The number of carbonyl (C=O) groups excluding carboxylic acids is 1. The summed E-state index contributed by atoms with van der Waals surface area (Å²) < 4.78 is 18.2. The molecule has 0 radical (unpaired) electrons. The number of rotatable bonds is 4. The number of aryl methyl sites for hydroxylation is 1. The maximum absolute atomic E-state index is 13.4. The molecule has 0 aliphatic heterocycles. The van der Waals surface area contributed by atoms with Gasteiger partial charge in [-0.15, -0.1) is 0 Å². The van der Waals surface area contributed by atoms with Crippen molar-refractivity contribution in [3.8, 4) is 5.75 Å². The van der Waals surface area contributed by atoms with Gasteiger partial charge in [0, 0.05) is 11.3 Å². The van der Waals surface area contributed by atoms with Crippen LogP contribution in [0.5, 0.6) is 5.75 Å². The van der Waals surface area contributed by atoms with E-state index in [4.69, 9.17) is 4.74 Å². The maximum Gasteiger partial charge on any atom is 0.333 e. The molecule has 2 aromatic carbocycles. The minimum atomic E-state index is -0.919. The van der Waals surface area contributed by atoms with E-state index >= 15 is 0 Å². The van der Waals surface area contributed by atoms with E-state index in [-0.39, 0.29) is 5.75 Å². The molecule has 0 aliphatic carbocycles. The Morgan fingerprint density at radius 2 is 2.00 bits per heavy atom. The van der Waals surface area contributed by atoms with E-state index < -0.39 is 17.8 Å². The number of carbonyl (C=O) groups is 1. The lowest BCUT2D eigenvalue weighted by atomic mass is 10.0. The Kier molecular flexibility index (Phi) is 4.42. The van der Waals surface area contributed by atoms with E-state index in [9.17, 15) is 14.3 Å². The molecule has 2 N–H and O–H groups in total. The number of nitrogens with one attached hydrogen (secondary N) is 1. The van der Waals surface area contributed by atoms with Crippen molar-refractivity contribution in [3.05, 3.63) is 59.4 Å². The summed E-state index contributed by atoms with van der Waals surface area (Å²) in [7, 11) is 1.26. The Morgan fingerprint density at radius 3 is 2.62 bits per heavy atom. The molecule has 0 bridgehead atoms. The van der Waals surface area contributed by atoms with Crippen LogP contribution in [0.4, 0.5) is 10.1 Å². The number of esters is 1. The van der Waals surface area contributed by atoms with E-state index in [1.165, 1.54) is 25.3 Å². The molecule has 0 saturated carbocycles. The van der Waals surface area contributed by atoms with Crippen LogP contribution >= 0.6 is 0 Å². The SMILES string of the molecule is COC(=O)C(Nc1cc(C)cc(F)c1)c1ccccc1O. The normalized spacial score (nSPS) is 11.8. The smallest absolute Gasteiger partial charge is 0.333 e. The first kappa shape index (κ1) is 14.8. The number of benzene rings is 2. The zero-order valence-electron chi connectivity index (χ0n) is 11.8. The van der Waals surface area contributed by atoms with Crippen molar-refractivity contribution < 1.29 is 19.0 Å². The number of hydrogen-bond acceptors (Lipinski definition) is 4. The summed E-state index contributed by atoms with van der Waals surface area (Å²) in [4.78, 5) is 11.9. The van der Waals surface area contributed by atoms with E-state index in [1.807, 2.05) is 0 Å². The number of methoxy groups -OCH3 is 1. The number of phenols is 1. The van der Waals surface area contributed by atoms with Crippen molar-refractivity contribution in [2.45, 2.75) is 13.0 Å². The van der Waals surface area contributed by atoms with Crippen LogP contribution in [-0.2, 0) is 9.53 Å². The van der Waals surface area contributed by atoms with Gasteiger partial charge >= 0.3 is 5.97 Å². The Morgan fingerprint density at radius 1 is 1.29 bits per heavy atom. The Bertz CT molecular complexity index is 637. The zero-order chi connectivity index (χ0) is 15.4. The third kappa shape index (κ3) is 3.51. The van der Waals surface area contributed by atoms with Crippen molar-refractivity contribution in [1.29, 1.82) is 0 Å². The second kappa shape index (κ2) is 6.26. The number of para-hydroxylation sites is 1. The number of aromatic hydroxyl groups is 1. The van der Waals surface area contributed by atoms with Crippen LogP contribution in [0.15, 0.2) is 42.5 Å². The van der Waals surface area contributed by atoms with Gasteiger partial charge in [0.2, 0.25) is 0 Å². The van der Waals surface area contributed by atoms with Gasteiger partial charge in [-0.3, -0.25) is 0 Å². The number of halogens is 1. The summed E-state index contributed by atoms with van der Waals surface area (Å²) in [5.41, 5.74) is 1.52. The molecule has 0 spiro atoms. The lowest BCUT2D eigenvalue weighted by molar-refractivity contribution is -0.141. The van der Waals surface area contributed by atoms with Crippen molar-refractivity contribution in [2.75, 3.05) is 12.4 Å². The van der Waals surface area contributed by atoms with Crippen molar-refractivity contribution in [1.82, 2.24) is 0 Å². The molecule has 0 heterocycles. The van der Waals surface area contributed by atoms with Crippen LogP contribution in [0.2, 0.25) is 0 Å². The van der Waals surface area contributed by atoms with Gasteiger partial charge in [-0.05, 0) is 36.8 Å². The molecule has 1 unspecified atom stereocenters. The molecule has 2 aromatic rings. The van der Waals surface area contributed by atoms with Crippen LogP contribution in [0, 0.1) is 12.7 Å². The van der Waals surface area contributed by atoms with Crippen LogP contribution in [0.1, 0.15) is 17.2 Å². The molecule has 0 saturated heterocycles. The number of phenolic OH excluding ortho intramolecular Hbond substituents is 1. The number of hydrogen-bond donors (Lipinski definition) is 2. The summed E-state index contributed by atoms with van der Waals surface area (Å²) in [6, 6.07) is 9.89. The predicted molar refractivity (Wildman–Crippen MR) is 77.6 cm³/mol. The standard InChI is InChI=1S/C16H16FNO3/c1-10-7-11(17)9-12(8-10)18-15(16(20)21-2)13-5-3-4-6-14(13)19/h3-9,15,18-19H,1-2H3. The summed E-state index contributed by atoms with van der Waals surface area (Å²) >= 11 is 0. The van der Waals surface area contributed by atoms with Gasteiger partial charge in [-0.25, -0.2) is 9.18 Å². The van der Waals surface area contributed by atoms with Gasteiger partial charge in [0.15, 0.2) is 6.04 Å². The molecule has 110 valence electrons. The molecule has 21 heavy (non-hydrogen) atoms. The molecule has 1 atom stereocenters. The molecular formula is C16H16FNO3. The van der Waals surface area contributed by atoms with Crippen molar-refractivity contribution in [2.24, 2.45) is 0 Å². The zero-order valence-corrected chi connectivity index (χ0v) is 11.8. The summed E-state index contributed by atoms with van der Waals surface area (Å²) in [6.45, 7) is 1.75. The molecule has 4 nitrogen and oxygen atoms in total. The van der Waals surface area contributed by atoms with E-state index in [1.54, 1.807) is 31.2 Å². The van der Waals surface area contributed by atoms with Crippen LogP contribution in [0.3, 0.4) is 0 Å². The molecular weight excluding hydrogens is 273 g/mol. The third-order valence-electron chi connectivity index (χ3n) is 3.04. The quantitative estimate of drug-likeness (QED) is 0.849. The predicted octanol–water partition coefficient (Wildman–Crippen LogP) is 3.17. The van der Waals surface area contributed by atoms with Crippen molar-refractivity contribution in [3.63, 3.8) is 0 Å². The van der Waals surface area contributed by atoms with Gasteiger partial charge in [0.05, 0.1) is 7.11 Å². The van der Waals surface area contributed by atoms with Crippen LogP contribution in [0.25, 0.3) is 0 Å². The fourth-order valence-corrected chi connectivity index (χ4v) is 2.10. The molecule has 0 aliphatic rings. The summed E-state index contributed by atoms with van der Waals surface area (Å²) in [6.07, 6.45) is 0. The highest BCUT2D eigenvalue weighted by Crippen LogP contribution is 2.28. The molecule has 5 heteroatoms. The summed E-state index contributed by atoms with van der Waals surface area (Å²) in [5, 5.41) is 12.8. The summed E-state index contributed by atoms with van der Waals surface area (Å²) in [5.74, 6) is -1.01. The average molecular weight is 289 g/mol. The monoisotopic (exact) mass is 289 g/mol. The van der Waals surface area contributed by atoms with Gasteiger partial charge in [-0.2, -0.15) is 0 Å². The lowest BCUT2D eigenvalue weighted by Crippen LogP contribution is -2.22. The minimum absolute atomic E-state index is 0.0338. The van der Waals surface area contributed by atoms with Gasteiger partial charge in [-0.1, -0.05) is 18.2 Å². The fraction of sp³-hybridized carbons (Fsp3) is 0.188. The van der Waals surface area contributed by atoms with E-state index in [0.717, 1.165) is 5.56 Å². The Labute approximate surface area is 122 Å². The minimum Gasteiger partial charge on any atom is -0.508 e. The highest BCUT2D eigenvalue weighted by Gasteiger charge is 2.24. The van der Waals surface area contributed by atoms with Gasteiger partial charge in [0.1, 0.15) is 11.6 Å². The van der Waals surface area contributed by atoms with Crippen molar-refractivity contribution >= 4 is 11.7 Å². The first-order valence-corrected chi connectivity index (χ1v) is 6.40. The van der Waals surface area contributed by atoms with Crippen LogP contribution < -0.4 is 5.32 Å². The topological polar surface area (TPSA) is 58.6 Å². The highest BCUT2D eigenvalue weighted by molar-refractivity contribution is 5.82. The van der Waals surface area contributed by atoms with E-state index in [2.05, 4.69) is 5.32 Å². The van der Waals surface area contributed by atoms with Gasteiger partial charge in [0.25, 0.3) is 0 Å². The second-order valence-electron chi connectivity index (χ2n) is 4.68.